The number of amides is 1. The molecule has 124 valence electrons. The van der Waals surface area contributed by atoms with E-state index >= 15 is 0 Å². The Morgan fingerprint density at radius 3 is 3.00 bits per heavy atom. The van der Waals surface area contributed by atoms with E-state index in [0.29, 0.717) is 35.9 Å². The summed E-state index contributed by atoms with van der Waals surface area (Å²) >= 11 is 0. The van der Waals surface area contributed by atoms with Gasteiger partial charge in [0, 0.05) is 18.9 Å². The van der Waals surface area contributed by atoms with E-state index in [2.05, 4.69) is 15.5 Å². The standard InChI is InChI=1S/C16H16N4O4/c21-13(9-20-11-3-1-2-4-12(11)23-16(20)22)17-8-7-14-18-15(19-24-14)10-5-6-10/h1-4,10H,5-9H2,(H,17,21). The summed E-state index contributed by atoms with van der Waals surface area (Å²) in [5.74, 6) is 0.900. The van der Waals surface area contributed by atoms with Crippen LogP contribution in [0.2, 0.25) is 0 Å². The summed E-state index contributed by atoms with van der Waals surface area (Å²) in [5, 5.41) is 6.67. The summed E-state index contributed by atoms with van der Waals surface area (Å²) in [6, 6.07) is 7.00. The van der Waals surface area contributed by atoms with Gasteiger partial charge in [-0.05, 0) is 25.0 Å². The highest BCUT2D eigenvalue weighted by Gasteiger charge is 2.28. The minimum absolute atomic E-state index is 0.0903. The molecule has 8 heteroatoms. The van der Waals surface area contributed by atoms with Crippen LogP contribution in [0.25, 0.3) is 11.1 Å². The molecule has 3 aromatic rings. The highest BCUT2D eigenvalue weighted by molar-refractivity contribution is 5.79. The molecule has 8 nitrogen and oxygen atoms in total. The van der Waals surface area contributed by atoms with Gasteiger partial charge in [0.15, 0.2) is 11.4 Å². The molecule has 24 heavy (non-hydrogen) atoms. The van der Waals surface area contributed by atoms with Gasteiger partial charge in [-0.25, -0.2) is 4.79 Å². The number of carbonyl (C=O) groups is 1. The van der Waals surface area contributed by atoms with Crippen molar-refractivity contribution in [2.75, 3.05) is 6.54 Å². The van der Waals surface area contributed by atoms with Crippen molar-refractivity contribution in [2.45, 2.75) is 31.7 Å². The largest absolute Gasteiger partial charge is 0.420 e. The van der Waals surface area contributed by atoms with Crippen molar-refractivity contribution < 1.29 is 13.7 Å². The van der Waals surface area contributed by atoms with Gasteiger partial charge >= 0.3 is 5.76 Å². The van der Waals surface area contributed by atoms with Crippen LogP contribution in [0.5, 0.6) is 0 Å². The Hall–Kier alpha value is -2.90. The van der Waals surface area contributed by atoms with Crippen LogP contribution in [0.3, 0.4) is 0 Å². The molecule has 4 rings (SSSR count). The smallest absolute Gasteiger partial charge is 0.408 e. The zero-order valence-electron chi connectivity index (χ0n) is 12.9. The molecule has 1 saturated carbocycles. The van der Waals surface area contributed by atoms with Gasteiger partial charge < -0.3 is 14.3 Å². The summed E-state index contributed by atoms with van der Waals surface area (Å²) < 4.78 is 11.6. The predicted molar refractivity (Wildman–Crippen MR) is 83.5 cm³/mol. The second-order valence-electron chi connectivity index (χ2n) is 5.84. The number of fused-ring (bicyclic) bond motifs is 1. The lowest BCUT2D eigenvalue weighted by Gasteiger charge is -2.04. The van der Waals surface area contributed by atoms with Gasteiger partial charge in [0.05, 0.1) is 5.52 Å². The first kappa shape index (κ1) is 14.7. The number of oxazole rings is 1. The summed E-state index contributed by atoms with van der Waals surface area (Å²) in [5.41, 5.74) is 1.07. The number of hydrogen-bond donors (Lipinski definition) is 1. The van der Waals surface area contributed by atoms with Gasteiger partial charge in [0.25, 0.3) is 0 Å². The van der Waals surface area contributed by atoms with E-state index in [-0.39, 0.29) is 12.5 Å². The third-order valence-corrected chi connectivity index (χ3v) is 3.96. The Labute approximate surface area is 136 Å². The molecule has 1 aromatic carbocycles. The SMILES string of the molecule is O=C(Cn1c(=O)oc2ccccc21)NCCc1nc(C2CC2)no1. The van der Waals surface area contributed by atoms with E-state index in [1.54, 1.807) is 24.3 Å². The Morgan fingerprint density at radius 1 is 1.33 bits per heavy atom. The number of hydrogen-bond acceptors (Lipinski definition) is 6. The van der Waals surface area contributed by atoms with Gasteiger partial charge in [0.2, 0.25) is 11.8 Å². The molecule has 1 fully saturated rings. The quantitative estimate of drug-likeness (QED) is 0.729. The summed E-state index contributed by atoms with van der Waals surface area (Å²) in [7, 11) is 0. The third kappa shape index (κ3) is 2.94. The Bertz CT molecular complexity index is 935. The van der Waals surface area contributed by atoms with Crippen LogP contribution >= 0.6 is 0 Å². The summed E-state index contributed by atoms with van der Waals surface area (Å²) in [6.07, 6.45) is 2.69. The number of nitrogens with zero attached hydrogens (tertiary/aromatic N) is 3. The molecule has 2 heterocycles. The number of carbonyl (C=O) groups excluding carboxylic acids is 1. The van der Waals surface area contributed by atoms with Crippen LogP contribution in [0, 0.1) is 0 Å². The highest BCUT2D eigenvalue weighted by atomic mass is 16.5. The van der Waals surface area contributed by atoms with Crippen LogP contribution in [-0.4, -0.2) is 27.2 Å². The minimum atomic E-state index is -0.544. The molecule has 0 saturated heterocycles. The van der Waals surface area contributed by atoms with E-state index < -0.39 is 5.76 Å². The zero-order chi connectivity index (χ0) is 16.5. The average molecular weight is 328 g/mol. The Balaban J connectivity index is 1.34. The van der Waals surface area contributed by atoms with Gasteiger partial charge in [-0.3, -0.25) is 9.36 Å². The molecule has 0 bridgehead atoms. The number of benzene rings is 1. The lowest BCUT2D eigenvalue weighted by Crippen LogP contribution is -2.32. The first-order valence-electron chi connectivity index (χ1n) is 7.88. The molecular weight excluding hydrogens is 312 g/mol. The fraction of sp³-hybridized carbons (Fsp3) is 0.375. The lowest BCUT2D eigenvalue weighted by atomic mass is 10.3. The average Bonchev–Trinajstić information content (AvgIpc) is 3.24. The fourth-order valence-corrected chi connectivity index (χ4v) is 2.55. The first-order valence-corrected chi connectivity index (χ1v) is 7.88. The van der Waals surface area contributed by atoms with E-state index in [9.17, 15) is 9.59 Å². The first-order chi connectivity index (χ1) is 11.7. The highest BCUT2D eigenvalue weighted by Crippen LogP contribution is 2.38. The van der Waals surface area contributed by atoms with E-state index in [1.165, 1.54) is 4.57 Å². The minimum Gasteiger partial charge on any atom is -0.408 e. The van der Waals surface area contributed by atoms with Crippen LogP contribution in [0.1, 0.15) is 30.5 Å². The number of aromatic nitrogens is 3. The number of nitrogens with one attached hydrogen (secondary N) is 1. The van der Waals surface area contributed by atoms with Crippen molar-refractivity contribution in [3.05, 3.63) is 46.5 Å². The predicted octanol–water partition coefficient (Wildman–Crippen LogP) is 1.21. The summed E-state index contributed by atoms with van der Waals surface area (Å²) in [4.78, 5) is 28.2. The molecule has 1 N–H and O–H groups in total. The zero-order valence-corrected chi connectivity index (χ0v) is 12.9. The van der Waals surface area contributed by atoms with Crippen LogP contribution in [0.15, 0.2) is 38.0 Å². The molecule has 0 radical (unpaired) electrons. The number of rotatable bonds is 6. The van der Waals surface area contributed by atoms with Crippen molar-refractivity contribution in [1.82, 2.24) is 20.0 Å². The second kappa shape index (κ2) is 5.95. The van der Waals surface area contributed by atoms with Gasteiger partial charge in [-0.1, -0.05) is 17.3 Å². The lowest BCUT2D eigenvalue weighted by molar-refractivity contribution is -0.121. The van der Waals surface area contributed by atoms with E-state index in [4.69, 9.17) is 8.94 Å². The van der Waals surface area contributed by atoms with Crippen molar-refractivity contribution in [3.63, 3.8) is 0 Å². The van der Waals surface area contributed by atoms with Crippen molar-refractivity contribution in [1.29, 1.82) is 0 Å². The number of para-hydroxylation sites is 2. The molecule has 0 aliphatic heterocycles. The maximum absolute atomic E-state index is 12.0. The molecule has 0 spiro atoms. The normalized spacial score (nSPS) is 14.2. The second-order valence-corrected chi connectivity index (χ2v) is 5.84. The maximum atomic E-state index is 12.0. The van der Waals surface area contributed by atoms with Crippen LogP contribution in [-0.2, 0) is 17.8 Å². The molecular formula is C16H16N4O4. The van der Waals surface area contributed by atoms with E-state index in [1.807, 2.05) is 0 Å². The van der Waals surface area contributed by atoms with Crippen LogP contribution < -0.4 is 11.1 Å². The van der Waals surface area contributed by atoms with Crippen molar-refractivity contribution in [2.24, 2.45) is 0 Å². The third-order valence-electron chi connectivity index (χ3n) is 3.96. The van der Waals surface area contributed by atoms with Gasteiger partial charge in [-0.2, -0.15) is 4.98 Å². The Morgan fingerprint density at radius 2 is 2.17 bits per heavy atom. The monoisotopic (exact) mass is 328 g/mol. The molecule has 1 amide bonds. The topological polar surface area (TPSA) is 103 Å². The molecule has 0 unspecified atom stereocenters. The van der Waals surface area contributed by atoms with E-state index in [0.717, 1.165) is 18.7 Å². The van der Waals surface area contributed by atoms with Crippen LogP contribution in [0.4, 0.5) is 0 Å². The fourth-order valence-electron chi connectivity index (χ4n) is 2.55. The molecule has 1 aliphatic carbocycles. The Kier molecular flexibility index (Phi) is 3.64. The maximum Gasteiger partial charge on any atom is 0.420 e. The molecule has 2 aromatic heterocycles. The molecule has 0 atom stereocenters. The molecule has 1 aliphatic rings. The van der Waals surface area contributed by atoms with Crippen molar-refractivity contribution in [3.8, 4) is 0 Å². The summed E-state index contributed by atoms with van der Waals surface area (Å²) in [6.45, 7) is 0.280. The van der Waals surface area contributed by atoms with Gasteiger partial charge in [0.1, 0.15) is 6.54 Å². The van der Waals surface area contributed by atoms with Crippen molar-refractivity contribution >= 4 is 17.0 Å². The van der Waals surface area contributed by atoms with Gasteiger partial charge in [-0.15, -0.1) is 0 Å².